The second kappa shape index (κ2) is 8.27. The molecular formula is C19H21N5O3. The molecule has 2 rings (SSSR count). The maximum atomic E-state index is 12.2. The Morgan fingerprint density at radius 1 is 1.15 bits per heavy atom. The lowest BCUT2D eigenvalue weighted by atomic mass is 10.1. The molecule has 0 atom stereocenters. The topological polar surface area (TPSA) is 117 Å². The van der Waals surface area contributed by atoms with Gasteiger partial charge in [-0.2, -0.15) is 10.4 Å². The highest BCUT2D eigenvalue weighted by molar-refractivity contribution is 5.95. The molecule has 2 aromatic rings. The molecule has 8 nitrogen and oxygen atoms in total. The maximum absolute atomic E-state index is 12.2. The Morgan fingerprint density at radius 3 is 2.52 bits per heavy atom. The van der Waals surface area contributed by atoms with Gasteiger partial charge in [0.15, 0.2) is 0 Å². The summed E-state index contributed by atoms with van der Waals surface area (Å²) in [5.74, 6) is -0.928. The molecule has 1 heterocycles. The van der Waals surface area contributed by atoms with Crippen LogP contribution in [-0.2, 0) is 16.1 Å². The van der Waals surface area contributed by atoms with E-state index in [4.69, 9.17) is 5.26 Å². The Morgan fingerprint density at radius 2 is 1.85 bits per heavy atom. The zero-order valence-corrected chi connectivity index (χ0v) is 15.7. The highest BCUT2D eigenvalue weighted by atomic mass is 16.2. The number of aryl methyl sites for hydroxylation is 2. The largest absolute Gasteiger partial charge is 0.345 e. The number of nitriles is 1. The van der Waals surface area contributed by atoms with E-state index in [0.29, 0.717) is 16.9 Å². The van der Waals surface area contributed by atoms with Crippen molar-refractivity contribution in [1.82, 2.24) is 15.1 Å². The average Bonchev–Trinajstić information content (AvgIpc) is 2.62. The van der Waals surface area contributed by atoms with E-state index in [0.717, 1.165) is 15.8 Å². The van der Waals surface area contributed by atoms with Crippen LogP contribution >= 0.6 is 0 Å². The standard InChI is InChI=1S/C19H21N5O3/c1-11-6-5-7-16(12(11)2)22-17(25)9-21-18(26)10-24-19(27)15(8-20)13(3)14(4)23-24/h5-7H,9-10H2,1-4H3,(H,21,26)(H,22,25). The van der Waals surface area contributed by atoms with Gasteiger partial charge < -0.3 is 10.6 Å². The van der Waals surface area contributed by atoms with Crippen LogP contribution in [0.3, 0.4) is 0 Å². The van der Waals surface area contributed by atoms with Crippen LogP contribution in [0.4, 0.5) is 5.69 Å². The molecule has 0 radical (unpaired) electrons. The van der Waals surface area contributed by atoms with E-state index in [2.05, 4.69) is 15.7 Å². The molecule has 0 spiro atoms. The highest BCUT2D eigenvalue weighted by Crippen LogP contribution is 2.17. The van der Waals surface area contributed by atoms with Crippen molar-refractivity contribution in [3.05, 3.63) is 56.5 Å². The van der Waals surface area contributed by atoms with Crippen LogP contribution in [0.5, 0.6) is 0 Å². The average molecular weight is 367 g/mol. The lowest BCUT2D eigenvalue weighted by molar-refractivity contribution is -0.124. The SMILES string of the molecule is Cc1cccc(NC(=O)CNC(=O)Cn2nc(C)c(C)c(C#N)c2=O)c1C. The first kappa shape index (κ1) is 19.8. The van der Waals surface area contributed by atoms with Gasteiger partial charge in [-0.3, -0.25) is 14.4 Å². The van der Waals surface area contributed by atoms with Crippen molar-refractivity contribution in [3.63, 3.8) is 0 Å². The van der Waals surface area contributed by atoms with Crippen LogP contribution in [0.2, 0.25) is 0 Å². The van der Waals surface area contributed by atoms with E-state index in [1.165, 1.54) is 0 Å². The van der Waals surface area contributed by atoms with Gasteiger partial charge in [0.1, 0.15) is 18.2 Å². The maximum Gasteiger partial charge on any atom is 0.285 e. The zero-order chi connectivity index (χ0) is 20.1. The molecule has 0 aliphatic heterocycles. The van der Waals surface area contributed by atoms with Crippen molar-refractivity contribution >= 4 is 17.5 Å². The number of carbonyl (C=O) groups is 2. The summed E-state index contributed by atoms with van der Waals surface area (Å²) in [7, 11) is 0. The van der Waals surface area contributed by atoms with Crippen molar-refractivity contribution in [2.75, 3.05) is 11.9 Å². The van der Waals surface area contributed by atoms with Gasteiger partial charge in [0.2, 0.25) is 11.8 Å². The van der Waals surface area contributed by atoms with E-state index in [-0.39, 0.29) is 24.6 Å². The number of hydrogen-bond donors (Lipinski definition) is 2. The summed E-state index contributed by atoms with van der Waals surface area (Å²) in [6, 6.07) is 7.39. The number of benzene rings is 1. The number of rotatable bonds is 5. The van der Waals surface area contributed by atoms with Crippen molar-refractivity contribution in [1.29, 1.82) is 5.26 Å². The van der Waals surface area contributed by atoms with Crippen molar-refractivity contribution in [2.24, 2.45) is 0 Å². The van der Waals surface area contributed by atoms with E-state index in [1.807, 2.05) is 32.0 Å². The Kier molecular flexibility index (Phi) is 6.08. The van der Waals surface area contributed by atoms with Gasteiger partial charge in [0.05, 0.1) is 12.2 Å². The van der Waals surface area contributed by atoms with Gasteiger partial charge in [-0.1, -0.05) is 12.1 Å². The predicted molar refractivity (Wildman–Crippen MR) is 100 cm³/mol. The summed E-state index contributed by atoms with van der Waals surface area (Å²) in [6.07, 6.45) is 0. The van der Waals surface area contributed by atoms with Crippen LogP contribution in [0, 0.1) is 39.0 Å². The molecule has 0 saturated carbocycles. The number of anilines is 1. The molecule has 8 heteroatoms. The number of hydrogen-bond acceptors (Lipinski definition) is 5. The predicted octanol–water partition coefficient (Wildman–Crippen LogP) is 1.10. The first-order valence-corrected chi connectivity index (χ1v) is 8.35. The number of nitrogens with zero attached hydrogens (tertiary/aromatic N) is 3. The fourth-order valence-corrected chi connectivity index (χ4v) is 2.46. The lowest BCUT2D eigenvalue weighted by Crippen LogP contribution is -2.38. The van der Waals surface area contributed by atoms with Gasteiger partial charge in [-0.15, -0.1) is 0 Å². The molecule has 2 N–H and O–H groups in total. The van der Waals surface area contributed by atoms with E-state index in [1.54, 1.807) is 19.9 Å². The van der Waals surface area contributed by atoms with Gasteiger partial charge in [-0.05, 0) is 50.5 Å². The highest BCUT2D eigenvalue weighted by Gasteiger charge is 2.14. The minimum absolute atomic E-state index is 0.0389. The normalized spacial score (nSPS) is 10.2. The van der Waals surface area contributed by atoms with Gasteiger partial charge >= 0.3 is 0 Å². The Balaban J connectivity index is 2.00. The third kappa shape index (κ3) is 4.58. The molecule has 0 aliphatic rings. The fraction of sp³-hybridized carbons (Fsp3) is 0.316. The van der Waals surface area contributed by atoms with Gasteiger partial charge in [0.25, 0.3) is 5.56 Å². The van der Waals surface area contributed by atoms with E-state index < -0.39 is 11.5 Å². The first-order valence-electron chi connectivity index (χ1n) is 8.35. The molecule has 1 aromatic carbocycles. The fourth-order valence-electron chi connectivity index (χ4n) is 2.46. The molecule has 27 heavy (non-hydrogen) atoms. The molecule has 0 aliphatic carbocycles. The van der Waals surface area contributed by atoms with Gasteiger partial charge in [-0.25, -0.2) is 4.68 Å². The van der Waals surface area contributed by atoms with Crippen LogP contribution in [0.1, 0.15) is 27.9 Å². The van der Waals surface area contributed by atoms with Gasteiger partial charge in [0, 0.05) is 5.69 Å². The number of nitrogens with one attached hydrogen (secondary N) is 2. The Labute approximate surface area is 156 Å². The second-order valence-corrected chi connectivity index (χ2v) is 6.23. The van der Waals surface area contributed by atoms with E-state index >= 15 is 0 Å². The van der Waals surface area contributed by atoms with Crippen molar-refractivity contribution in [2.45, 2.75) is 34.2 Å². The molecule has 0 saturated heterocycles. The summed E-state index contributed by atoms with van der Waals surface area (Å²) in [5, 5.41) is 18.3. The minimum Gasteiger partial charge on any atom is -0.345 e. The molecule has 140 valence electrons. The minimum atomic E-state index is -0.629. The second-order valence-electron chi connectivity index (χ2n) is 6.23. The molecule has 1 aromatic heterocycles. The first-order chi connectivity index (χ1) is 12.7. The third-order valence-corrected chi connectivity index (χ3v) is 4.37. The van der Waals surface area contributed by atoms with Crippen molar-refractivity contribution in [3.8, 4) is 6.07 Å². The van der Waals surface area contributed by atoms with Crippen LogP contribution in [0.15, 0.2) is 23.0 Å². The molecule has 2 amide bonds. The van der Waals surface area contributed by atoms with Crippen LogP contribution in [0.25, 0.3) is 0 Å². The smallest absolute Gasteiger partial charge is 0.285 e. The summed E-state index contributed by atoms with van der Waals surface area (Å²) in [4.78, 5) is 36.3. The van der Waals surface area contributed by atoms with Crippen LogP contribution in [-0.4, -0.2) is 28.1 Å². The summed E-state index contributed by atoms with van der Waals surface area (Å²) in [5.41, 5.74) is 3.00. The molecule has 0 unspecified atom stereocenters. The number of aromatic nitrogens is 2. The Bertz CT molecular complexity index is 1000. The van der Waals surface area contributed by atoms with E-state index in [9.17, 15) is 14.4 Å². The molecular weight excluding hydrogens is 346 g/mol. The molecule has 0 bridgehead atoms. The molecule has 0 fully saturated rings. The summed E-state index contributed by atoms with van der Waals surface area (Å²) in [6.45, 7) is 6.51. The van der Waals surface area contributed by atoms with Crippen LogP contribution < -0.4 is 16.2 Å². The quantitative estimate of drug-likeness (QED) is 0.821. The summed E-state index contributed by atoms with van der Waals surface area (Å²) >= 11 is 0. The lowest BCUT2D eigenvalue weighted by Gasteiger charge is -2.12. The van der Waals surface area contributed by atoms with Crippen molar-refractivity contribution < 1.29 is 9.59 Å². The number of amides is 2. The third-order valence-electron chi connectivity index (χ3n) is 4.37. The Hall–Kier alpha value is -3.47. The number of carbonyl (C=O) groups excluding carboxylic acids is 2. The zero-order valence-electron chi connectivity index (χ0n) is 15.7. The monoisotopic (exact) mass is 367 g/mol. The summed E-state index contributed by atoms with van der Waals surface area (Å²) < 4.78 is 0.929.